The Morgan fingerprint density at radius 1 is 1.62 bits per heavy atom. The van der Waals surface area contributed by atoms with Gasteiger partial charge in [0.1, 0.15) is 11.8 Å². The molecule has 0 saturated carbocycles. The first-order valence-corrected chi connectivity index (χ1v) is 3.82. The summed E-state index contributed by atoms with van der Waals surface area (Å²) in [6, 6.07) is 2.05. The molecule has 0 aliphatic heterocycles. The largest absolute Gasteiger partial charge is 0.314 e. The average Bonchev–Trinajstić information content (AvgIpc) is 2.60. The Kier molecular flexibility index (Phi) is 1.61. The number of rotatable bonds is 2. The van der Waals surface area contributed by atoms with Crippen molar-refractivity contribution in [2.75, 3.05) is 0 Å². The third-order valence-electron chi connectivity index (χ3n) is 1.68. The number of hydrogen-bond acceptors (Lipinski definition) is 4. The van der Waals surface area contributed by atoms with Gasteiger partial charge in [-0.3, -0.25) is 0 Å². The van der Waals surface area contributed by atoms with Crippen molar-refractivity contribution in [1.82, 2.24) is 19.5 Å². The lowest BCUT2D eigenvalue weighted by Crippen LogP contribution is -1.96. The summed E-state index contributed by atoms with van der Waals surface area (Å²) in [5, 5.41) is 8.44. The Bertz CT molecular complexity index is 498. The van der Waals surface area contributed by atoms with E-state index in [1.165, 1.54) is 6.33 Å². The van der Waals surface area contributed by atoms with Crippen LogP contribution in [0.2, 0.25) is 0 Å². The molecule has 0 aromatic carbocycles. The van der Waals surface area contributed by atoms with Crippen molar-refractivity contribution in [3.63, 3.8) is 0 Å². The molecule has 0 saturated heterocycles. The van der Waals surface area contributed by atoms with Gasteiger partial charge >= 0.3 is 0 Å². The summed E-state index contributed by atoms with van der Waals surface area (Å²) in [4.78, 5) is 11.7. The fraction of sp³-hybridized carbons (Fsp3) is 0.250. The van der Waals surface area contributed by atoms with Gasteiger partial charge in [0.2, 0.25) is 0 Å². The number of aromatic nitrogens is 4. The number of nitriles is 1. The summed E-state index contributed by atoms with van der Waals surface area (Å²) >= 11 is 0. The number of imidazole rings is 1. The summed E-state index contributed by atoms with van der Waals surface area (Å²) in [6.07, 6.45) is 3.43. The van der Waals surface area contributed by atoms with Crippen molar-refractivity contribution < 1.29 is 1.37 Å². The molecular weight excluding hydrogens is 166 g/mol. The number of nitrogens with zero attached hydrogens (tertiary/aromatic N) is 5. The molecule has 0 radical (unpaired) electrons. The third-order valence-corrected chi connectivity index (χ3v) is 1.68. The molecule has 5 heteroatoms. The van der Waals surface area contributed by atoms with Crippen LogP contribution in [0.25, 0.3) is 11.2 Å². The van der Waals surface area contributed by atoms with Crippen LogP contribution in [0, 0.1) is 11.3 Å². The van der Waals surface area contributed by atoms with Gasteiger partial charge in [0.15, 0.2) is 5.65 Å². The molecular formula is C8H7N5. The van der Waals surface area contributed by atoms with Gasteiger partial charge in [0, 0.05) is 6.54 Å². The van der Waals surface area contributed by atoms with Crippen LogP contribution >= 0.6 is 0 Å². The van der Waals surface area contributed by atoms with E-state index >= 15 is 0 Å². The first-order chi connectivity index (χ1) is 6.83. The van der Waals surface area contributed by atoms with Crippen molar-refractivity contribution >= 4 is 11.2 Å². The summed E-state index contributed by atoms with van der Waals surface area (Å²) in [5.41, 5.74) is 1.09. The number of hydrogen-bond donors (Lipinski definition) is 0. The predicted octanol–water partition coefficient (Wildman–Crippen LogP) is 0.740. The monoisotopic (exact) mass is 174 g/mol. The van der Waals surface area contributed by atoms with Gasteiger partial charge in [0.25, 0.3) is 0 Å². The van der Waals surface area contributed by atoms with Gasteiger partial charge in [-0.15, -0.1) is 0 Å². The zero-order valence-corrected chi connectivity index (χ0v) is 6.80. The Balaban J connectivity index is 2.48. The van der Waals surface area contributed by atoms with Gasteiger partial charge in [-0.1, -0.05) is 0 Å². The highest BCUT2D eigenvalue weighted by atomic mass is 15.1. The maximum absolute atomic E-state index is 8.44. The van der Waals surface area contributed by atoms with Crippen molar-refractivity contribution in [3.8, 4) is 6.07 Å². The molecule has 2 aromatic heterocycles. The summed E-state index contributed by atoms with van der Waals surface area (Å²) in [5.74, 6) is 0. The number of aryl methyl sites for hydroxylation is 1. The Morgan fingerprint density at radius 3 is 3.38 bits per heavy atom. The predicted molar refractivity (Wildman–Crippen MR) is 45.6 cm³/mol. The van der Waals surface area contributed by atoms with E-state index in [1.54, 1.807) is 10.9 Å². The van der Waals surface area contributed by atoms with Gasteiger partial charge < -0.3 is 4.57 Å². The van der Waals surface area contributed by atoms with Crippen LogP contribution < -0.4 is 0 Å². The molecule has 2 heterocycles. The highest BCUT2D eigenvalue weighted by Gasteiger charge is 2.01. The van der Waals surface area contributed by atoms with E-state index in [-0.39, 0.29) is 6.17 Å². The Labute approximate surface area is 76.1 Å². The molecule has 0 aliphatic rings. The summed E-state index contributed by atoms with van der Waals surface area (Å²) in [7, 11) is 0. The lowest BCUT2D eigenvalue weighted by atomic mass is 10.4. The molecule has 0 fully saturated rings. The van der Waals surface area contributed by atoms with Gasteiger partial charge in [-0.25, -0.2) is 15.0 Å². The van der Waals surface area contributed by atoms with E-state index in [1.807, 2.05) is 6.07 Å². The van der Waals surface area contributed by atoms with E-state index in [0.717, 1.165) is 0 Å². The molecule has 13 heavy (non-hydrogen) atoms. The van der Waals surface area contributed by atoms with Crippen LogP contribution in [-0.2, 0) is 6.54 Å². The second kappa shape index (κ2) is 3.19. The third kappa shape index (κ3) is 1.34. The van der Waals surface area contributed by atoms with Crippen LogP contribution in [0.5, 0.6) is 0 Å². The minimum absolute atomic E-state index is 0.116. The van der Waals surface area contributed by atoms with E-state index in [2.05, 4.69) is 15.0 Å². The molecule has 0 spiro atoms. The van der Waals surface area contributed by atoms with E-state index in [4.69, 9.17) is 6.63 Å². The van der Waals surface area contributed by atoms with Crippen molar-refractivity contribution in [1.29, 1.82) is 5.26 Å². The lowest BCUT2D eigenvalue weighted by Gasteiger charge is -1.96. The highest BCUT2D eigenvalue weighted by Crippen LogP contribution is 2.07. The first-order valence-electron chi connectivity index (χ1n) is 4.32. The fourth-order valence-electron chi connectivity index (χ4n) is 1.10. The van der Waals surface area contributed by atoms with Crippen LogP contribution in [0.4, 0.5) is 0 Å². The molecule has 2 aromatic rings. The quantitative estimate of drug-likeness (QED) is 0.673. The van der Waals surface area contributed by atoms with E-state index in [9.17, 15) is 0 Å². The molecule has 0 amide bonds. The Hall–Kier alpha value is -1.96. The average molecular weight is 174 g/mol. The second-order valence-corrected chi connectivity index (χ2v) is 2.50. The zero-order valence-electron chi connectivity index (χ0n) is 7.80. The van der Waals surface area contributed by atoms with Crippen molar-refractivity contribution in [3.05, 3.63) is 18.8 Å². The maximum Gasteiger partial charge on any atom is 0.163 e. The molecule has 0 atom stereocenters. The zero-order chi connectivity index (χ0) is 9.97. The first kappa shape index (κ1) is 6.54. The second-order valence-electron chi connectivity index (χ2n) is 2.50. The van der Waals surface area contributed by atoms with Crippen molar-refractivity contribution in [2.45, 2.75) is 13.0 Å². The molecule has 0 bridgehead atoms. The maximum atomic E-state index is 8.44. The molecule has 0 N–H and O–H groups in total. The molecule has 5 nitrogen and oxygen atoms in total. The van der Waals surface area contributed by atoms with Crippen molar-refractivity contribution in [2.24, 2.45) is 0 Å². The highest BCUT2D eigenvalue weighted by molar-refractivity contribution is 5.68. The summed E-state index contributed by atoms with van der Waals surface area (Å²) in [6.45, 7) is 0.545. The van der Waals surface area contributed by atoms with Crippen LogP contribution in [0.15, 0.2) is 18.8 Å². The van der Waals surface area contributed by atoms with Gasteiger partial charge in [-0.2, -0.15) is 5.26 Å². The lowest BCUT2D eigenvalue weighted by molar-refractivity contribution is 0.729. The topological polar surface area (TPSA) is 67.4 Å². The van der Waals surface area contributed by atoms with Gasteiger partial charge in [0.05, 0.1) is 26.4 Å². The van der Waals surface area contributed by atoms with Gasteiger partial charge in [-0.05, 0) is 0 Å². The standard InChI is InChI=1S/C8H7N5/c9-2-1-3-13-6-12-7-4-10-5-11-8(7)13/h4-6H,1,3H2/i4D. The van der Waals surface area contributed by atoms with Crippen LogP contribution in [0.3, 0.4) is 0 Å². The molecule has 0 aliphatic carbocycles. The summed E-state index contributed by atoms with van der Waals surface area (Å²) < 4.78 is 9.21. The smallest absolute Gasteiger partial charge is 0.163 e. The fourth-order valence-corrected chi connectivity index (χ4v) is 1.10. The molecule has 64 valence electrons. The SMILES string of the molecule is [2H]c1ncnc2c1ncn2CCC#N. The van der Waals surface area contributed by atoms with E-state index < -0.39 is 0 Å². The molecule has 0 unspecified atom stereocenters. The number of fused-ring (bicyclic) bond motifs is 1. The molecule has 2 rings (SSSR count). The minimum atomic E-state index is 0.116. The minimum Gasteiger partial charge on any atom is -0.314 e. The normalized spacial score (nSPS) is 11.2. The Morgan fingerprint density at radius 2 is 2.54 bits per heavy atom. The van der Waals surface area contributed by atoms with Crippen LogP contribution in [0.1, 0.15) is 7.79 Å². The van der Waals surface area contributed by atoms with E-state index in [0.29, 0.717) is 24.1 Å². The van der Waals surface area contributed by atoms with Crippen LogP contribution in [-0.4, -0.2) is 19.5 Å².